The summed E-state index contributed by atoms with van der Waals surface area (Å²) in [5.41, 5.74) is 5.05. The lowest BCUT2D eigenvalue weighted by atomic mass is 9.92. The zero-order valence-corrected chi connectivity index (χ0v) is 21.7. The van der Waals surface area contributed by atoms with E-state index in [1.807, 2.05) is 40.7 Å². The van der Waals surface area contributed by atoms with E-state index in [-0.39, 0.29) is 37.0 Å². The molecule has 34 heavy (non-hydrogen) atoms. The lowest BCUT2D eigenvalue weighted by Crippen LogP contribution is -2.42. The molecule has 1 aromatic heterocycles. The lowest BCUT2D eigenvalue weighted by molar-refractivity contribution is 0.0871. The van der Waals surface area contributed by atoms with Crippen molar-refractivity contribution in [1.82, 2.24) is 15.1 Å². The van der Waals surface area contributed by atoms with Crippen LogP contribution in [0.3, 0.4) is 0 Å². The van der Waals surface area contributed by atoms with Crippen LogP contribution in [0.2, 0.25) is 0 Å². The summed E-state index contributed by atoms with van der Waals surface area (Å²) in [6, 6.07) is -0.187. The van der Waals surface area contributed by atoms with Crippen LogP contribution in [0.15, 0.2) is 12.3 Å². The van der Waals surface area contributed by atoms with Gasteiger partial charge in [-0.15, -0.1) is 0 Å². The molecule has 0 aromatic carbocycles. The van der Waals surface area contributed by atoms with Crippen LogP contribution in [0.4, 0.5) is 4.79 Å². The molecule has 9 heteroatoms. The summed E-state index contributed by atoms with van der Waals surface area (Å²) in [4.78, 5) is 24.5. The molecule has 2 atom stereocenters. The highest BCUT2D eigenvalue weighted by molar-refractivity contribution is 5.96. The molecule has 0 spiro atoms. The van der Waals surface area contributed by atoms with E-state index in [0.717, 1.165) is 32.1 Å². The van der Waals surface area contributed by atoms with Gasteiger partial charge in [-0.05, 0) is 18.8 Å². The van der Waals surface area contributed by atoms with Gasteiger partial charge in [-0.3, -0.25) is 4.79 Å². The van der Waals surface area contributed by atoms with E-state index in [1.165, 1.54) is 10.9 Å². The van der Waals surface area contributed by atoms with Crippen molar-refractivity contribution in [3.63, 3.8) is 0 Å². The van der Waals surface area contributed by atoms with Crippen LogP contribution in [0.1, 0.15) is 84.0 Å². The number of primary amides is 1. The van der Waals surface area contributed by atoms with Crippen molar-refractivity contribution >= 4 is 18.2 Å². The molecule has 0 radical (unpaired) electrons. The fraction of sp³-hybridized carbons (Fsp3) is 0.720. The number of amides is 2. The fourth-order valence-corrected chi connectivity index (χ4v) is 3.32. The van der Waals surface area contributed by atoms with Crippen molar-refractivity contribution in [1.29, 1.82) is 0 Å². The molecule has 4 N–H and O–H groups in total. The van der Waals surface area contributed by atoms with Gasteiger partial charge in [0.05, 0.1) is 26.0 Å². The van der Waals surface area contributed by atoms with Crippen LogP contribution in [0.5, 0.6) is 5.88 Å². The van der Waals surface area contributed by atoms with Gasteiger partial charge in [-0.25, -0.2) is 9.48 Å². The van der Waals surface area contributed by atoms with Crippen LogP contribution >= 0.6 is 0 Å². The topological polar surface area (TPSA) is 129 Å². The quantitative estimate of drug-likeness (QED) is 0.304. The highest BCUT2D eigenvalue weighted by Crippen LogP contribution is 2.24. The van der Waals surface area contributed by atoms with E-state index in [2.05, 4.69) is 17.3 Å². The molecule has 0 saturated carbocycles. The normalized spacial score (nSPS) is 13.8. The lowest BCUT2D eigenvalue weighted by Gasteiger charge is -2.27. The molecule has 0 saturated heterocycles. The Hall–Kier alpha value is -2.55. The summed E-state index contributed by atoms with van der Waals surface area (Å²) in [5, 5.41) is 17.0. The van der Waals surface area contributed by atoms with Crippen molar-refractivity contribution in [3.05, 3.63) is 17.8 Å². The third kappa shape index (κ3) is 10.2. The number of nitrogens with two attached hydrogens (primary N) is 1. The minimum Gasteiger partial charge on any atom is -0.477 e. The monoisotopic (exact) mass is 480 g/mol. The number of unbranched alkanes of at least 4 members (excludes halogenated alkanes) is 2. The number of rotatable bonds is 16. The number of carbonyl (C=O) groups excluding carboxylic acids is 2. The van der Waals surface area contributed by atoms with Gasteiger partial charge in [-0.1, -0.05) is 66.9 Å². The maximum atomic E-state index is 13.3. The Labute approximate surface area is 204 Å². The third-order valence-electron chi connectivity index (χ3n) is 5.59. The van der Waals surface area contributed by atoms with E-state index in [9.17, 15) is 14.7 Å². The van der Waals surface area contributed by atoms with Crippen LogP contribution in [0, 0.1) is 17.3 Å². The predicted molar refractivity (Wildman–Crippen MR) is 133 cm³/mol. The Morgan fingerprint density at radius 1 is 1.26 bits per heavy atom. The van der Waals surface area contributed by atoms with E-state index in [1.54, 1.807) is 6.20 Å². The SMILES string of the molecule is CCCCC[C@H](NC(=O)c1cnn(/C=C/C(C)(C)CO)c1OCC(C)C)C(CC)COC(N)=O. The number of nitrogens with zero attached hydrogens (tertiary/aromatic N) is 2. The Morgan fingerprint density at radius 3 is 2.53 bits per heavy atom. The molecule has 0 fully saturated rings. The average molecular weight is 481 g/mol. The van der Waals surface area contributed by atoms with Crippen LogP contribution in [0.25, 0.3) is 6.20 Å². The average Bonchev–Trinajstić information content (AvgIpc) is 3.19. The second kappa shape index (κ2) is 14.7. The van der Waals surface area contributed by atoms with Gasteiger partial charge in [0.15, 0.2) is 0 Å². The minimum atomic E-state index is -0.819. The Bertz CT molecular complexity index is 788. The predicted octanol–water partition coefficient (Wildman–Crippen LogP) is 4.21. The third-order valence-corrected chi connectivity index (χ3v) is 5.59. The first-order valence-electron chi connectivity index (χ1n) is 12.3. The number of aromatic nitrogens is 2. The standard InChI is InChI=1S/C25H44N4O5/c1-7-9-10-11-21(19(8-2)16-34-24(26)32)28-22(31)20-14-27-29(13-12-25(5,6)17-30)23(20)33-15-18(3)4/h12-14,18-19,21,30H,7-11,15-17H2,1-6H3,(H2,26,32)(H,28,31)/b13-12+/t19?,21-/m0/s1. The maximum absolute atomic E-state index is 13.3. The van der Waals surface area contributed by atoms with Crippen LogP contribution < -0.4 is 15.8 Å². The molecule has 194 valence electrons. The molecule has 9 nitrogen and oxygen atoms in total. The molecule has 1 unspecified atom stereocenters. The van der Waals surface area contributed by atoms with Gasteiger partial charge in [0.1, 0.15) is 5.56 Å². The van der Waals surface area contributed by atoms with Gasteiger partial charge >= 0.3 is 6.09 Å². The second-order valence-electron chi connectivity index (χ2n) is 9.85. The van der Waals surface area contributed by atoms with Crippen molar-refractivity contribution in [3.8, 4) is 5.88 Å². The number of ether oxygens (including phenoxy) is 2. The molecular weight excluding hydrogens is 436 g/mol. The van der Waals surface area contributed by atoms with E-state index < -0.39 is 11.5 Å². The van der Waals surface area contributed by atoms with Gasteiger partial charge in [0.2, 0.25) is 5.88 Å². The molecule has 1 heterocycles. The first-order chi connectivity index (χ1) is 16.0. The largest absolute Gasteiger partial charge is 0.477 e. The van der Waals surface area contributed by atoms with Crippen molar-refractivity contribution in [2.75, 3.05) is 19.8 Å². The molecule has 0 aliphatic heterocycles. The van der Waals surface area contributed by atoms with E-state index in [4.69, 9.17) is 15.2 Å². The number of aliphatic hydroxyl groups is 1. The first kappa shape index (κ1) is 29.5. The van der Waals surface area contributed by atoms with Crippen LogP contribution in [-0.4, -0.2) is 52.7 Å². The molecule has 1 aromatic rings. The summed E-state index contributed by atoms with van der Waals surface area (Å²) in [5.74, 6) is 0.256. The highest BCUT2D eigenvalue weighted by atomic mass is 16.5. The number of hydrogen-bond acceptors (Lipinski definition) is 6. The summed E-state index contributed by atoms with van der Waals surface area (Å²) < 4.78 is 12.6. The number of hydrogen-bond donors (Lipinski definition) is 3. The Balaban J connectivity index is 3.18. The highest BCUT2D eigenvalue weighted by Gasteiger charge is 2.27. The number of carbonyl (C=O) groups is 2. The van der Waals surface area contributed by atoms with Gasteiger partial charge in [0, 0.05) is 23.6 Å². The summed E-state index contributed by atoms with van der Waals surface area (Å²) in [6.45, 7) is 12.5. The Morgan fingerprint density at radius 2 is 1.97 bits per heavy atom. The zero-order chi connectivity index (χ0) is 25.7. The molecular formula is C25H44N4O5. The summed E-state index contributed by atoms with van der Waals surface area (Å²) in [7, 11) is 0. The van der Waals surface area contributed by atoms with Crippen molar-refractivity contribution in [2.45, 2.75) is 79.7 Å². The van der Waals surface area contributed by atoms with Gasteiger partial charge in [-0.2, -0.15) is 5.10 Å². The Kier molecular flexibility index (Phi) is 12.7. The van der Waals surface area contributed by atoms with Crippen LogP contribution in [-0.2, 0) is 4.74 Å². The van der Waals surface area contributed by atoms with Crippen molar-refractivity contribution < 1.29 is 24.2 Å². The maximum Gasteiger partial charge on any atom is 0.404 e. The number of aliphatic hydroxyl groups excluding tert-OH is 1. The molecule has 0 aliphatic rings. The van der Waals surface area contributed by atoms with E-state index in [0.29, 0.717) is 18.1 Å². The van der Waals surface area contributed by atoms with E-state index >= 15 is 0 Å². The fourth-order valence-electron chi connectivity index (χ4n) is 3.32. The second-order valence-corrected chi connectivity index (χ2v) is 9.85. The van der Waals surface area contributed by atoms with Gasteiger partial charge < -0.3 is 25.6 Å². The van der Waals surface area contributed by atoms with Gasteiger partial charge in [0.25, 0.3) is 5.91 Å². The summed E-state index contributed by atoms with van der Waals surface area (Å²) in [6.07, 6.45) is 8.75. The summed E-state index contributed by atoms with van der Waals surface area (Å²) >= 11 is 0. The molecule has 0 bridgehead atoms. The molecule has 2 amide bonds. The minimum absolute atomic E-state index is 0.0223. The molecule has 1 rings (SSSR count). The number of nitrogens with one attached hydrogen (secondary N) is 1. The molecule has 0 aliphatic carbocycles. The zero-order valence-electron chi connectivity index (χ0n) is 21.7. The van der Waals surface area contributed by atoms with Crippen molar-refractivity contribution in [2.24, 2.45) is 23.0 Å². The first-order valence-corrected chi connectivity index (χ1v) is 12.3. The smallest absolute Gasteiger partial charge is 0.404 e.